The molecule has 1 aliphatic carbocycles. The molecule has 1 fully saturated rings. The summed E-state index contributed by atoms with van der Waals surface area (Å²) in [6, 6.07) is 8.38. The highest BCUT2D eigenvalue weighted by atomic mass is 16.3. The Morgan fingerprint density at radius 1 is 1.10 bits per heavy atom. The van der Waals surface area contributed by atoms with Gasteiger partial charge in [0.1, 0.15) is 0 Å². The highest BCUT2D eigenvalue weighted by Crippen LogP contribution is 2.29. The molecule has 118 valence electrons. The van der Waals surface area contributed by atoms with Crippen LogP contribution in [0.25, 0.3) is 0 Å². The molecule has 2 rings (SSSR count). The van der Waals surface area contributed by atoms with Crippen molar-refractivity contribution in [2.24, 2.45) is 11.8 Å². The van der Waals surface area contributed by atoms with Gasteiger partial charge in [-0.2, -0.15) is 0 Å². The van der Waals surface area contributed by atoms with Crippen molar-refractivity contribution in [1.29, 1.82) is 0 Å². The molecule has 1 saturated carbocycles. The Hall–Kier alpha value is -0.860. The van der Waals surface area contributed by atoms with Gasteiger partial charge in [-0.25, -0.2) is 0 Å². The van der Waals surface area contributed by atoms with Crippen LogP contribution in [0.2, 0.25) is 0 Å². The van der Waals surface area contributed by atoms with Gasteiger partial charge in [-0.05, 0) is 41.8 Å². The monoisotopic (exact) mass is 289 g/mol. The smallest absolute Gasteiger partial charge is 0.0914 e. The first kappa shape index (κ1) is 16.5. The van der Waals surface area contributed by atoms with Gasteiger partial charge in [-0.15, -0.1) is 0 Å². The molecule has 0 amide bonds. The highest BCUT2D eigenvalue weighted by molar-refractivity contribution is 5.26. The average Bonchev–Trinajstić information content (AvgIpc) is 2.49. The minimum absolute atomic E-state index is 0.398. The van der Waals surface area contributed by atoms with E-state index >= 15 is 0 Å². The molecule has 1 aromatic rings. The van der Waals surface area contributed by atoms with Crippen molar-refractivity contribution in [2.45, 2.75) is 58.5 Å². The third-order valence-electron chi connectivity index (χ3n) is 5.02. The van der Waals surface area contributed by atoms with Crippen LogP contribution in [0.3, 0.4) is 0 Å². The molecular weight excluding hydrogens is 258 g/mol. The van der Waals surface area contributed by atoms with E-state index in [4.69, 9.17) is 0 Å². The summed E-state index contributed by atoms with van der Waals surface area (Å²) in [7, 11) is 0. The molecule has 1 aliphatic rings. The number of rotatable bonds is 6. The highest BCUT2D eigenvalue weighted by Gasteiger charge is 2.21. The predicted molar refractivity (Wildman–Crippen MR) is 89.5 cm³/mol. The van der Waals surface area contributed by atoms with Crippen molar-refractivity contribution in [3.63, 3.8) is 0 Å². The van der Waals surface area contributed by atoms with Crippen LogP contribution in [0.15, 0.2) is 24.3 Å². The van der Waals surface area contributed by atoms with E-state index in [0.717, 1.165) is 23.9 Å². The summed E-state index contributed by atoms with van der Waals surface area (Å²) in [4.78, 5) is 0. The maximum atomic E-state index is 10.3. The molecule has 2 nitrogen and oxygen atoms in total. The molecule has 21 heavy (non-hydrogen) atoms. The summed E-state index contributed by atoms with van der Waals surface area (Å²) in [5.41, 5.74) is 2.35. The number of hydrogen-bond acceptors (Lipinski definition) is 2. The molecule has 2 heteroatoms. The molecule has 0 aromatic heterocycles. The maximum absolute atomic E-state index is 10.3. The fraction of sp³-hybridized carbons (Fsp3) is 0.684. The van der Waals surface area contributed by atoms with Crippen LogP contribution in [0.5, 0.6) is 0 Å². The lowest BCUT2D eigenvalue weighted by Gasteiger charge is -2.29. The number of hydrogen-bond donors (Lipinski definition) is 2. The first-order valence-electron chi connectivity index (χ1n) is 8.56. The van der Waals surface area contributed by atoms with Gasteiger partial charge in [0.2, 0.25) is 0 Å². The van der Waals surface area contributed by atoms with Crippen molar-refractivity contribution in [2.75, 3.05) is 13.1 Å². The summed E-state index contributed by atoms with van der Waals surface area (Å²) in [5, 5.41) is 13.8. The van der Waals surface area contributed by atoms with Gasteiger partial charge in [0.05, 0.1) is 6.10 Å². The molecule has 0 aliphatic heterocycles. The first-order chi connectivity index (χ1) is 10.1. The SMILES string of the molecule is CC(C)c1ccc(C(O)CNCC2CCCCC2C)cc1. The van der Waals surface area contributed by atoms with E-state index < -0.39 is 6.10 Å². The molecule has 0 heterocycles. The second-order valence-corrected chi connectivity index (χ2v) is 7.02. The van der Waals surface area contributed by atoms with Gasteiger partial charge in [0, 0.05) is 6.54 Å². The first-order valence-corrected chi connectivity index (χ1v) is 8.56. The van der Waals surface area contributed by atoms with Crippen molar-refractivity contribution >= 4 is 0 Å². The van der Waals surface area contributed by atoms with Gasteiger partial charge in [0.25, 0.3) is 0 Å². The molecule has 0 bridgehead atoms. The van der Waals surface area contributed by atoms with E-state index in [2.05, 4.69) is 50.4 Å². The lowest BCUT2D eigenvalue weighted by Crippen LogP contribution is -2.31. The Bertz CT molecular complexity index is 412. The zero-order valence-corrected chi connectivity index (χ0v) is 13.8. The van der Waals surface area contributed by atoms with Crippen molar-refractivity contribution in [3.05, 3.63) is 35.4 Å². The second kappa shape index (κ2) is 7.95. The van der Waals surface area contributed by atoms with E-state index in [1.165, 1.54) is 31.2 Å². The number of nitrogens with one attached hydrogen (secondary N) is 1. The van der Waals surface area contributed by atoms with E-state index in [1.807, 2.05) is 0 Å². The van der Waals surface area contributed by atoms with Gasteiger partial charge < -0.3 is 10.4 Å². The number of aliphatic hydroxyl groups excluding tert-OH is 1. The standard InChI is InChI=1S/C19H31NO/c1-14(2)16-8-10-17(11-9-16)19(21)13-20-12-18-7-5-4-6-15(18)3/h8-11,14-15,18-21H,4-7,12-13H2,1-3H3. The fourth-order valence-electron chi connectivity index (χ4n) is 3.32. The fourth-order valence-corrected chi connectivity index (χ4v) is 3.32. The summed E-state index contributed by atoms with van der Waals surface area (Å²) < 4.78 is 0. The Morgan fingerprint density at radius 3 is 2.33 bits per heavy atom. The normalized spacial score (nSPS) is 24.2. The molecule has 3 atom stereocenters. The molecule has 0 saturated heterocycles. The van der Waals surface area contributed by atoms with Crippen LogP contribution < -0.4 is 5.32 Å². The molecular formula is C19H31NO. The van der Waals surface area contributed by atoms with E-state index in [0.29, 0.717) is 12.5 Å². The minimum atomic E-state index is -0.398. The predicted octanol–water partition coefficient (Wildman–Crippen LogP) is 4.26. The van der Waals surface area contributed by atoms with E-state index in [-0.39, 0.29) is 0 Å². The summed E-state index contributed by atoms with van der Waals surface area (Å²) in [6.45, 7) is 8.45. The largest absolute Gasteiger partial charge is 0.387 e. The molecule has 3 unspecified atom stereocenters. The van der Waals surface area contributed by atoms with Gasteiger partial charge in [0.15, 0.2) is 0 Å². The van der Waals surface area contributed by atoms with Crippen molar-refractivity contribution in [1.82, 2.24) is 5.32 Å². The van der Waals surface area contributed by atoms with Crippen LogP contribution >= 0.6 is 0 Å². The number of benzene rings is 1. The lowest BCUT2D eigenvalue weighted by atomic mass is 9.80. The molecule has 1 aromatic carbocycles. The third-order valence-corrected chi connectivity index (χ3v) is 5.02. The lowest BCUT2D eigenvalue weighted by molar-refractivity contribution is 0.165. The van der Waals surface area contributed by atoms with Crippen LogP contribution in [0.4, 0.5) is 0 Å². The molecule has 0 spiro atoms. The molecule has 2 N–H and O–H groups in total. The van der Waals surface area contributed by atoms with Gasteiger partial charge in [-0.1, -0.05) is 64.3 Å². The Morgan fingerprint density at radius 2 is 1.71 bits per heavy atom. The van der Waals surface area contributed by atoms with Crippen LogP contribution in [-0.2, 0) is 0 Å². The summed E-state index contributed by atoms with van der Waals surface area (Å²) >= 11 is 0. The second-order valence-electron chi connectivity index (χ2n) is 7.02. The maximum Gasteiger partial charge on any atom is 0.0914 e. The van der Waals surface area contributed by atoms with Crippen LogP contribution in [-0.4, -0.2) is 18.2 Å². The molecule has 0 radical (unpaired) electrons. The van der Waals surface area contributed by atoms with E-state index in [1.54, 1.807) is 0 Å². The van der Waals surface area contributed by atoms with Crippen LogP contribution in [0, 0.1) is 11.8 Å². The zero-order chi connectivity index (χ0) is 15.2. The Kier molecular flexibility index (Phi) is 6.25. The van der Waals surface area contributed by atoms with E-state index in [9.17, 15) is 5.11 Å². The summed E-state index contributed by atoms with van der Waals surface area (Å²) in [5.74, 6) is 2.16. The minimum Gasteiger partial charge on any atom is -0.387 e. The zero-order valence-electron chi connectivity index (χ0n) is 13.8. The Balaban J connectivity index is 1.77. The van der Waals surface area contributed by atoms with Crippen LogP contribution in [0.1, 0.15) is 69.6 Å². The summed E-state index contributed by atoms with van der Waals surface area (Å²) in [6.07, 6.45) is 5.07. The topological polar surface area (TPSA) is 32.3 Å². The quantitative estimate of drug-likeness (QED) is 0.820. The van der Waals surface area contributed by atoms with Gasteiger partial charge in [-0.3, -0.25) is 0 Å². The van der Waals surface area contributed by atoms with Crippen molar-refractivity contribution < 1.29 is 5.11 Å². The van der Waals surface area contributed by atoms with Crippen molar-refractivity contribution in [3.8, 4) is 0 Å². The average molecular weight is 289 g/mol. The third kappa shape index (κ3) is 4.82. The number of aliphatic hydroxyl groups is 1. The van der Waals surface area contributed by atoms with Gasteiger partial charge >= 0.3 is 0 Å². The Labute approximate surface area is 130 Å².